The van der Waals surface area contributed by atoms with Gasteiger partial charge in [0.2, 0.25) is 0 Å². The fourth-order valence-corrected chi connectivity index (χ4v) is 1.59. The van der Waals surface area contributed by atoms with E-state index in [0.29, 0.717) is 6.42 Å². The Morgan fingerprint density at radius 1 is 1.24 bits per heavy atom. The third-order valence-corrected chi connectivity index (χ3v) is 2.55. The molecule has 0 aromatic rings. The first-order valence-corrected chi connectivity index (χ1v) is 7.02. The minimum atomic E-state index is -0.833. The predicted octanol–water partition coefficient (Wildman–Crippen LogP) is 2.51. The zero-order valence-corrected chi connectivity index (χ0v) is 12.7. The number of unbranched alkanes of at least 4 members (excludes halogenated alkanes) is 2. The first kappa shape index (κ1) is 19.0. The van der Waals surface area contributed by atoms with Gasteiger partial charge in [0.15, 0.2) is 5.78 Å². The number of Topliss-reactive ketones (excluding diaryl/α,β-unsaturated/α-hetero) is 1. The Hall–Kier alpha value is -2.01. The van der Waals surface area contributed by atoms with Crippen molar-refractivity contribution in [3.8, 4) is 0 Å². The largest absolute Gasteiger partial charge is 0.481 e. The summed E-state index contributed by atoms with van der Waals surface area (Å²) in [6.45, 7) is 2.11. The molecule has 0 unspecified atom stereocenters. The summed E-state index contributed by atoms with van der Waals surface area (Å²) in [4.78, 5) is 24.8. The number of carboxylic acids is 1. The first-order chi connectivity index (χ1) is 10.1. The van der Waals surface area contributed by atoms with E-state index in [-0.39, 0.29) is 5.78 Å². The molecule has 0 radical (unpaired) electrons. The van der Waals surface area contributed by atoms with Crippen molar-refractivity contribution in [1.82, 2.24) is 5.32 Å². The average molecular weight is 292 g/mol. The number of aliphatic carboxylic acids is 1. The van der Waals surface area contributed by atoms with Gasteiger partial charge in [-0.3, -0.25) is 14.6 Å². The minimum absolute atomic E-state index is 0.214. The number of nitrogens with one attached hydrogen (secondary N) is 1. The molecule has 1 aliphatic heterocycles. The molecule has 1 rings (SSSR count). The zero-order chi connectivity index (χ0) is 15.9. The summed E-state index contributed by atoms with van der Waals surface area (Å²) in [6.07, 6.45) is 14.4. The van der Waals surface area contributed by atoms with Crippen LogP contribution in [0.25, 0.3) is 0 Å². The lowest BCUT2D eigenvalue weighted by Crippen LogP contribution is -2.07. The van der Waals surface area contributed by atoms with E-state index in [1.165, 1.54) is 0 Å². The summed E-state index contributed by atoms with van der Waals surface area (Å²) in [5, 5.41) is 10.5. The fraction of sp³-hybridized carbons (Fsp3) is 0.438. The van der Waals surface area contributed by atoms with Crippen molar-refractivity contribution >= 4 is 18.0 Å². The van der Waals surface area contributed by atoms with Crippen LogP contribution in [0.5, 0.6) is 0 Å². The number of carboxylic acid groups (broad SMARTS) is 1. The van der Waals surface area contributed by atoms with E-state index in [0.717, 1.165) is 38.3 Å². The summed E-state index contributed by atoms with van der Waals surface area (Å²) < 4.78 is 0. The van der Waals surface area contributed by atoms with Gasteiger partial charge in [0.05, 0.1) is 0 Å². The van der Waals surface area contributed by atoms with E-state index < -0.39 is 5.97 Å². The van der Waals surface area contributed by atoms with Gasteiger partial charge >= 0.3 is 0 Å². The normalized spacial score (nSPS) is 12.8. The molecule has 0 spiro atoms. The van der Waals surface area contributed by atoms with Gasteiger partial charge in [-0.05, 0) is 50.7 Å². The highest BCUT2D eigenvalue weighted by molar-refractivity contribution is 5.99. The Morgan fingerprint density at radius 3 is 2.62 bits per heavy atom. The topological polar surface area (TPSA) is 78.8 Å². The molecule has 0 aromatic heterocycles. The molecule has 0 atom stereocenters. The van der Waals surface area contributed by atoms with E-state index in [1.807, 2.05) is 19.2 Å². The van der Waals surface area contributed by atoms with Crippen LogP contribution in [0.15, 0.2) is 41.1 Å². The Labute approximate surface area is 126 Å². The lowest BCUT2D eigenvalue weighted by atomic mass is 10.0. The Kier molecular flexibility index (Phi) is 11.8. The molecule has 0 amide bonds. The molecule has 1 aliphatic rings. The van der Waals surface area contributed by atoms with Crippen molar-refractivity contribution in [3.05, 3.63) is 36.1 Å². The van der Waals surface area contributed by atoms with Crippen LogP contribution in [0.4, 0.5) is 0 Å². The number of rotatable bonds is 7. The van der Waals surface area contributed by atoms with Crippen LogP contribution >= 0.6 is 0 Å². The van der Waals surface area contributed by atoms with Gasteiger partial charge in [-0.25, -0.2) is 0 Å². The molecule has 1 heterocycles. The summed E-state index contributed by atoms with van der Waals surface area (Å²) >= 11 is 0. The van der Waals surface area contributed by atoms with E-state index in [9.17, 15) is 4.79 Å². The van der Waals surface area contributed by atoms with E-state index in [1.54, 1.807) is 24.6 Å². The molecule has 0 fully saturated rings. The highest BCUT2D eigenvalue weighted by atomic mass is 16.4. The molecular weight excluding hydrogens is 268 g/mol. The van der Waals surface area contributed by atoms with Gasteiger partial charge in [-0.1, -0.05) is 6.42 Å². The van der Waals surface area contributed by atoms with Crippen molar-refractivity contribution in [3.63, 3.8) is 0 Å². The van der Waals surface area contributed by atoms with Crippen molar-refractivity contribution in [2.45, 2.75) is 32.6 Å². The number of hydrogen-bond donors (Lipinski definition) is 2. The van der Waals surface area contributed by atoms with Gasteiger partial charge in [-0.15, -0.1) is 0 Å². The second-order valence-electron chi connectivity index (χ2n) is 4.48. The number of allylic oxidation sites excluding steroid dienone is 5. The number of carbonyl (C=O) groups excluding carboxylic acids is 1. The lowest BCUT2D eigenvalue weighted by Gasteiger charge is -2.02. The number of hydrogen-bond acceptors (Lipinski definition) is 4. The second-order valence-corrected chi connectivity index (χ2v) is 4.48. The molecule has 0 aliphatic carbocycles. The minimum Gasteiger partial charge on any atom is -0.481 e. The summed E-state index contributed by atoms with van der Waals surface area (Å²) in [6, 6.07) is 0. The Bertz CT molecular complexity index is 431. The summed E-state index contributed by atoms with van der Waals surface area (Å²) in [5.41, 5.74) is 0.765. The SMILES string of the molecule is CC(=O)O.CNCCCCCC(=O)C1=CC=CN=CC=C1. The van der Waals surface area contributed by atoms with Crippen molar-refractivity contribution in [2.75, 3.05) is 13.6 Å². The van der Waals surface area contributed by atoms with E-state index >= 15 is 0 Å². The monoisotopic (exact) mass is 292 g/mol. The van der Waals surface area contributed by atoms with Crippen LogP contribution in [-0.2, 0) is 9.59 Å². The van der Waals surface area contributed by atoms with Crippen LogP contribution in [0.3, 0.4) is 0 Å². The van der Waals surface area contributed by atoms with Gasteiger partial charge in [0, 0.05) is 31.3 Å². The third kappa shape index (κ3) is 12.8. The van der Waals surface area contributed by atoms with Crippen LogP contribution in [0.2, 0.25) is 0 Å². The van der Waals surface area contributed by atoms with Crippen molar-refractivity contribution in [1.29, 1.82) is 0 Å². The molecular formula is C16H24N2O3. The molecule has 2 N–H and O–H groups in total. The Morgan fingerprint density at radius 2 is 1.95 bits per heavy atom. The van der Waals surface area contributed by atoms with Crippen LogP contribution in [-0.4, -0.2) is 36.7 Å². The number of aliphatic imine (C=N–C) groups is 1. The summed E-state index contributed by atoms with van der Waals surface area (Å²) in [7, 11) is 1.95. The zero-order valence-electron chi connectivity index (χ0n) is 12.7. The van der Waals surface area contributed by atoms with Gasteiger partial charge in [0.25, 0.3) is 5.97 Å². The Balaban J connectivity index is 0.000000885. The number of ketones is 1. The van der Waals surface area contributed by atoms with Crippen LogP contribution < -0.4 is 5.32 Å². The maximum atomic E-state index is 11.9. The predicted molar refractivity (Wildman–Crippen MR) is 85.6 cm³/mol. The maximum Gasteiger partial charge on any atom is 0.300 e. The molecule has 116 valence electrons. The number of nitrogens with zero attached hydrogens (tertiary/aromatic N) is 1. The van der Waals surface area contributed by atoms with Crippen LogP contribution in [0, 0.1) is 0 Å². The standard InChI is InChI=1S/C14H20N2O.C2H4O2/c1-15-10-4-2-3-9-14(17)13-7-5-11-16-12-6-8-13;1-2(3)4/h5-8,11-12,15H,2-4,9-10H2,1H3;1H3,(H,3,4). The first-order valence-electron chi connectivity index (χ1n) is 7.02. The van der Waals surface area contributed by atoms with E-state index in [2.05, 4.69) is 10.3 Å². The highest BCUT2D eigenvalue weighted by Crippen LogP contribution is 2.08. The van der Waals surface area contributed by atoms with Crippen molar-refractivity contribution in [2.24, 2.45) is 4.99 Å². The molecule has 5 heteroatoms. The fourth-order valence-electron chi connectivity index (χ4n) is 1.59. The molecule has 0 bridgehead atoms. The molecule has 0 saturated carbocycles. The summed E-state index contributed by atoms with van der Waals surface area (Å²) in [5.74, 6) is -0.620. The average Bonchev–Trinajstić information content (AvgIpc) is 2.37. The van der Waals surface area contributed by atoms with Gasteiger partial charge in [0.1, 0.15) is 0 Å². The van der Waals surface area contributed by atoms with Gasteiger partial charge in [-0.2, -0.15) is 0 Å². The van der Waals surface area contributed by atoms with Crippen molar-refractivity contribution < 1.29 is 14.7 Å². The quantitative estimate of drug-likeness (QED) is 0.707. The molecule has 21 heavy (non-hydrogen) atoms. The highest BCUT2D eigenvalue weighted by Gasteiger charge is 2.05. The second kappa shape index (κ2) is 13.0. The van der Waals surface area contributed by atoms with Gasteiger partial charge < -0.3 is 10.4 Å². The maximum absolute atomic E-state index is 11.9. The number of carbonyl (C=O) groups is 2. The van der Waals surface area contributed by atoms with Crippen LogP contribution in [0.1, 0.15) is 32.6 Å². The lowest BCUT2D eigenvalue weighted by molar-refractivity contribution is -0.134. The third-order valence-electron chi connectivity index (χ3n) is 2.55. The molecule has 5 nitrogen and oxygen atoms in total. The smallest absolute Gasteiger partial charge is 0.300 e. The van der Waals surface area contributed by atoms with E-state index in [4.69, 9.17) is 9.90 Å². The molecule has 0 saturated heterocycles. The molecule has 0 aromatic carbocycles.